The van der Waals surface area contributed by atoms with Gasteiger partial charge in [-0.15, -0.1) is 11.8 Å². The number of esters is 1. The second kappa shape index (κ2) is 4.89. The number of thioether (sulfide) groups is 1. The Morgan fingerprint density at radius 3 is 3.06 bits per heavy atom. The number of benzene rings is 1. The van der Waals surface area contributed by atoms with Crippen molar-refractivity contribution in [2.45, 2.75) is 24.8 Å². The lowest BCUT2D eigenvalue weighted by molar-refractivity contribution is 0.0599. The topological polar surface area (TPSA) is 38.3 Å². The van der Waals surface area contributed by atoms with Crippen molar-refractivity contribution in [1.82, 2.24) is 5.32 Å². The number of nitrogens with one attached hydrogen (secondary N) is 1. The molecule has 2 rings (SSSR count). The van der Waals surface area contributed by atoms with Gasteiger partial charge in [0, 0.05) is 17.3 Å². The monoisotopic (exact) mass is 237 g/mol. The van der Waals surface area contributed by atoms with E-state index in [9.17, 15) is 4.79 Å². The van der Waals surface area contributed by atoms with Gasteiger partial charge in [-0.1, -0.05) is 13.0 Å². The standard InChI is InChI=1S/C12H15NO2S/c1-3-8-4-9-6-13-7-16-11(9)5-10(8)12(14)15-2/h4-5,13H,3,6-7H2,1-2H3. The minimum Gasteiger partial charge on any atom is -0.465 e. The molecule has 1 aromatic carbocycles. The molecule has 0 aromatic heterocycles. The van der Waals surface area contributed by atoms with Crippen molar-refractivity contribution in [3.05, 3.63) is 28.8 Å². The first-order chi connectivity index (χ1) is 7.76. The molecule has 86 valence electrons. The Morgan fingerprint density at radius 2 is 2.38 bits per heavy atom. The number of carbonyl (C=O) groups excluding carboxylic acids is 1. The molecule has 16 heavy (non-hydrogen) atoms. The van der Waals surface area contributed by atoms with Gasteiger partial charge in [0.2, 0.25) is 0 Å². The first kappa shape index (κ1) is 11.5. The van der Waals surface area contributed by atoms with Gasteiger partial charge in [-0.2, -0.15) is 0 Å². The van der Waals surface area contributed by atoms with E-state index in [-0.39, 0.29) is 5.97 Å². The Morgan fingerprint density at radius 1 is 1.56 bits per heavy atom. The predicted octanol–water partition coefficient (Wildman–Crippen LogP) is 2.19. The van der Waals surface area contributed by atoms with Crippen LogP contribution >= 0.6 is 11.8 Å². The van der Waals surface area contributed by atoms with E-state index in [4.69, 9.17) is 4.74 Å². The average molecular weight is 237 g/mol. The van der Waals surface area contributed by atoms with E-state index in [0.717, 1.165) is 24.4 Å². The van der Waals surface area contributed by atoms with Crippen LogP contribution < -0.4 is 5.32 Å². The Hall–Kier alpha value is -1.00. The summed E-state index contributed by atoms with van der Waals surface area (Å²) in [5.41, 5.74) is 3.05. The minimum atomic E-state index is -0.237. The number of methoxy groups -OCH3 is 1. The van der Waals surface area contributed by atoms with Crippen LogP contribution in [0.2, 0.25) is 0 Å². The Labute approximate surface area is 99.6 Å². The van der Waals surface area contributed by atoms with Crippen LogP contribution in [0, 0.1) is 0 Å². The molecule has 3 nitrogen and oxygen atoms in total. The van der Waals surface area contributed by atoms with Crippen molar-refractivity contribution in [3.8, 4) is 0 Å². The number of fused-ring (bicyclic) bond motifs is 1. The molecule has 0 amide bonds. The van der Waals surface area contributed by atoms with Gasteiger partial charge < -0.3 is 10.1 Å². The summed E-state index contributed by atoms with van der Waals surface area (Å²) in [4.78, 5) is 12.8. The normalized spacial score (nSPS) is 14.4. The molecular formula is C12H15NO2S. The highest BCUT2D eigenvalue weighted by molar-refractivity contribution is 7.99. The molecule has 0 bridgehead atoms. The molecule has 4 heteroatoms. The van der Waals surface area contributed by atoms with Crippen LogP contribution in [-0.4, -0.2) is 19.0 Å². The summed E-state index contributed by atoms with van der Waals surface area (Å²) in [7, 11) is 1.43. The third-order valence-electron chi connectivity index (χ3n) is 2.72. The Bertz CT molecular complexity index is 418. The molecule has 1 aromatic rings. The molecule has 0 fully saturated rings. The van der Waals surface area contributed by atoms with Crippen LogP contribution in [0.25, 0.3) is 0 Å². The third-order valence-corrected chi connectivity index (χ3v) is 3.76. The lowest BCUT2D eigenvalue weighted by Crippen LogP contribution is -2.19. The lowest BCUT2D eigenvalue weighted by Gasteiger charge is -2.19. The lowest BCUT2D eigenvalue weighted by atomic mass is 10.0. The van der Waals surface area contributed by atoms with E-state index in [1.165, 1.54) is 17.6 Å². The Balaban J connectivity index is 2.47. The summed E-state index contributed by atoms with van der Waals surface area (Å²) in [6, 6.07) is 4.08. The number of ether oxygens (including phenoxy) is 1. The minimum absolute atomic E-state index is 0.237. The first-order valence-corrected chi connectivity index (χ1v) is 6.32. The number of aryl methyl sites for hydroxylation is 1. The summed E-state index contributed by atoms with van der Waals surface area (Å²) in [6.45, 7) is 2.94. The van der Waals surface area contributed by atoms with Crippen molar-refractivity contribution >= 4 is 17.7 Å². The van der Waals surface area contributed by atoms with Crippen LogP contribution in [0.1, 0.15) is 28.4 Å². The number of hydrogen-bond acceptors (Lipinski definition) is 4. The molecule has 0 saturated heterocycles. The van der Waals surface area contributed by atoms with E-state index in [1.807, 2.05) is 6.07 Å². The zero-order valence-electron chi connectivity index (χ0n) is 9.50. The van der Waals surface area contributed by atoms with E-state index in [0.29, 0.717) is 5.56 Å². The van der Waals surface area contributed by atoms with Crippen molar-refractivity contribution in [2.75, 3.05) is 13.0 Å². The summed E-state index contributed by atoms with van der Waals surface area (Å²) in [6.07, 6.45) is 0.850. The van der Waals surface area contributed by atoms with Crippen molar-refractivity contribution in [3.63, 3.8) is 0 Å². The van der Waals surface area contributed by atoms with Gasteiger partial charge in [0.1, 0.15) is 0 Å². The van der Waals surface area contributed by atoms with Crippen LogP contribution in [-0.2, 0) is 17.7 Å². The van der Waals surface area contributed by atoms with Gasteiger partial charge in [-0.25, -0.2) is 4.79 Å². The largest absolute Gasteiger partial charge is 0.465 e. The van der Waals surface area contributed by atoms with Crippen molar-refractivity contribution < 1.29 is 9.53 Å². The second-order valence-electron chi connectivity index (χ2n) is 3.68. The van der Waals surface area contributed by atoms with Gasteiger partial charge in [0.05, 0.1) is 12.7 Å². The predicted molar refractivity (Wildman–Crippen MR) is 64.7 cm³/mol. The van der Waals surface area contributed by atoms with Gasteiger partial charge in [-0.3, -0.25) is 0 Å². The van der Waals surface area contributed by atoms with Crippen LogP contribution in [0.3, 0.4) is 0 Å². The fraction of sp³-hybridized carbons (Fsp3) is 0.417. The van der Waals surface area contributed by atoms with E-state index in [1.54, 1.807) is 11.8 Å². The quantitative estimate of drug-likeness (QED) is 0.800. The van der Waals surface area contributed by atoms with Gasteiger partial charge >= 0.3 is 5.97 Å². The fourth-order valence-electron chi connectivity index (χ4n) is 1.86. The average Bonchev–Trinajstić information content (AvgIpc) is 2.36. The van der Waals surface area contributed by atoms with Gasteiger partial charge in [0.15, 0.2) is 0 Å². The molecule has 1 heterocycles. The molecule has 0 atom stereocenters. The highest BCUT2D eigenvalue weighted by Gasteiger charge is 2.17. The molecule has 1 N–H and O–H groups in total. The fourth-order valence-corrected chi connectivity index (χ4v) is 2.73. The van der Waals surface area contributed by atoms with Gasteiger partial charge in [0.25, 0.3) is 0 Å². The maximum absolute atomic E-state index is 11.6. The van der Waals surface area contributed by atoms with E-state index in [2.05, 4.69) is 18.3 Å². The van der Waals surface area contributed by atoms with E-state index < -0.39 is 0 Å². The number of rotatable bonds is 2. The van der Waals surface area contributed by atoms with Crippen LogP contribution in [0.15, 0.2) is 17.0 Å². The molecule has 0 spiro atoms. The molecule has 0 radical (unpaired) electrons. The molecule has 0 unspecified atom stereocenters. The molecule has 0 aliphatic carbocycles. The summed E-state index contributed by atoms with van der Waals surface area (Å²) in [5.74, 6) is 0.665. The maximum atomic E-state index is 11.6. The first-order valence-electron chi connectivity index (χ1n) is 5.34. The summed E-state index contributed by atoms with van der Waals surface area (Å²) in [5, 5.41) is 3.30. The van der Waals surface area contributed by atoms with Crippen LogP contribution in [0.5, 0.6) is 0 Å². The maximum Gasteiger partial charge on any atom is 0.338 e. The van der Waals surface area contributed by atoms with E-state index >= 15 is 0 Å². The van der Waals surface area contributed by atoms with Crippen molar-refractivity contribution in [1.29, 1.82) is 0 Å². The van der Waals surface area contributed by atoms with Crippen LogP contribution in [0.4, 0.5) is 0 Å². The third kappa shape index (κ3) is 2.08. The SMILES string of the molecule is CCc1cc2c(cc1C(=O)OC)SCNC2. The highest BCUT2D eigenvalue weighted by atomic mass is 32.2. The smallest absolute Gasteiger partial charge is 0.338 e. The molecule has 1 aliphatic heterocycles. The summed E-state index contributed by atoms with van der Waals surface area (Å²) >= 11 is 1.73. The molecule has 0 saturated carbocycles. The zero-order chi connectivity index (χ0) is 11.5. The second-order valence-corrected chi connectivity index (χ2v) is 4.69. The Kier molecular flexibility index (Phi) is 3.51. The highest BCUT2D eigenvalue weighted by Crippen LogP contribution is 2.29. The molecule has 1 aliphatic rings. The molecular weight excluding hydrogens is 222 g/mol. The zero-order valence-corrected chi connectivity index (χ0v) is 10.3. The van der Waals surface area contributed by atoms with Gasteiger partial charge in [-0.05, 0) is 23.6 Å². The van der Waals surface area contributed by atoms with Crippen molar-refractivity contribution in [2.24, 2.45) is 0 Å². The summed E-state index contributed by atoms with van der Waals surface area (Å²) < 4.78 is 4.81. The number of hydrogen-bond donors (Lipinski definition) is 1. The number of carbonyl (C=O) groups is 1.